The second-order valence-corrected chi connectivity index (χ2v) is 6.64. The number of esters is 1. The van der Waals surface area contributed by atoms with Crippen molar-refractivity contribution in [2.75, 3.05) is 18.5 Å². The number of benzene rings is 1. The number of hydrogen-bond donors (Lipinski definition) is 2. The standard InChI is InChI=1S/C17H17F2N3O5/c1-17(9-2-3-9)15(25)22(16(26)21-17)7-14(24)27-8-13(23)20-10-4-5-11(18)12(19)6-10/h4-6,9H,2-3,7-8H2,1H3,(H,20,23)(H,21,26)/t17-/m1/s1. The summed E-state index contributed by atoms with van der Waals surface area (Å²) in [6.45, 7) is 0.290. The van der Waals surface area contributed by atoms with Crippen LogP contribution in [0.3, 0.4) is 0 Å². The van der Waals surface area contributed by atoms with Crippen molar-refractivity contribution in [1.29, 1.82) is 0 Å². The Kier molecular flexibility index (Phi) is 4.81. The highest BCUT2D eigenvalue weighted by molar-refractivity contribution is 6.09. The molecule has 10 heteroatoms. The van der Waals surface area contributed by atoms with Gasteiger partial charge >= 0.3 is 12.0 Å². The minimum atomic E-state index is -1.14. The van der Waals surface area contributed by atoms with Crippen molar-refractivity contribution in [3.05, 3.63) is 29.8 Å². The van der Waals surface area contributed by atoms with Gasteiger partial charge < -0.3 is 15.4 Å². The molecule has 144 valence electrons. The van der Waals surface area contributed by atoms with Crippen LogP contribution in [-0.2, 0) is 19.1 Å². The zero-order chi connectivity index (χ0) is 19.8. The maximum absolute atomic E-state index is 13.1. The van der Waals surface area contributed by atoms with Crippen LogP contribution in [0.2, 0.25) is 0 Å². The van der Waals surface area contributed by atoms with Crippen molar-refractivity contribution in [3.8, 4) is 0 Å². The average molecular weight is 381 g/mol. The largest absolute Gasteiger partial charge is 0.454 e. The minimum Gasteiger partial charge on any atom is -0.454 e. The topological polar surface area (TPSA) is 105 Å². The van der Waals surface area contributed by atoms with Crippen LogP contribution in [0, 0.1) is 17.6 Å². The van der Waals surface area contributed by atoms with Gasteiger partial charge in [-0.2, -0.15) is 0 Å². The van der Waals surface area contributed by atoms with E-state index >= 15 is 0 Å². The van der Waals surface area contributed by atoms with Crippen LogP contribution in [0.4, 0.5) is 19.3 Å². The predicted octanol–water partition coefficient (Wildman–Crippen LogP) is 1.17. The Morgan fingerprint density at radius 1 is 1.30 bits per heavy atom. The maximum Gasteiger partial charge on any atom is 0.326 e. The molecule has 3 rings (SSSR count). The van der Waals surface area contributed by atoms with E-state index in [9.17, 15) is 28.0 Å². The van der Waals surface area contributed by atoms with Gasteiger partial charge in [-0.1, -0.05) is 0 Å². The zero-order valence-electron chi connectivity index (χ0n) is 14.4. The highest BCUT2D eigenvalue weighted by Gasteiger charge is 2.56. The van der Waals surface area contributed by atoms with Gasteiger partial charge in [0, 0.05) is 11.8 Å². The third kappa shape index (κ3) is 3.88. The van der Waals surface area contributed by atoms with E-state index in [1.807, 2.05) is 0 Å². The number of carbonyl (C=O) groups is 4. The molecule has 8 nitrogen and oxygen atoms in total. The Hall–Kier alpha value is -3.04. The normalized spacial score (nSPS) is 21.8. The molecule has 2 aliphatic rings. The molecule has 0 aromatic heterocycles. The SMILES string of the molecule is C[C@]1(C2CC2)NC(=O)N(CC(=O)OCC(=O)Nc2ccc(F)c(F)c2)C1=O. The number of hydrogen-bond acceptors (Lipinski definition) is 5. The van der Waals surface area contributed by atoms with E-state index in [1.54, 1.807) is 6.92 Å². The molecule has 1 aliphatic carbocycles. The average Bonchev–Trinajstić information content (AvgIpc) is 3.43. The Labute approximate surface area is 152 Å². The molecule has 0 spiro atoms. The molecule has 4 amide bonds. The summed E-state index contributed by atoms with van der Waals surface area (Å²) in [7, 11) is 0. The molecule has 1 heterocycles. The van der Waals surface area contributed by atoms with Crippen LogP contribution >= 0.6 is 0 Å². The molecular weight excluding hydrogens is 364 g/mol. The van der Waals surface area contributed by atoms with Gasteiger partial charge in [0.15, 0.2) is 18.2 Å². The first kappa shape index (κ1) is 18.7. The Balaban J connectivity index is 1.49. The summed E-state index contributed by atoms with van der Waals surface area (Å²) < 4.78 is 30.7. The predicted molar refractivity (Wildman–Crippen MR) is 87.3 cm³/mol. The lowest BCUT2D eigenvalue weighted by Crippen LogP contribution is -2.46. The zero-order valence-corrected chi connectivity index (χ0v) is 14.4. The molecular formula is C17H17F2N3O5. The van der Waals surface area contributed by atoms with E-state index in [1.165, 1.54) is 0 Å². The van der Waals surface area contributed by atoms with Gasteiger partial charge in [-0.05, 0) is 37.8 Å². The van der Waals surface area contributed by atoms with Crippen molar-refractivity contribution < 1.29 is 32.7 Å². The van der Waals surface area contributed by atoms with Crippen molar-refractivity contribution in [3.63, 3.8) is 0 Å². The summed E-state index contributed by atoms with van der Waals surface area (Å²) in [4.78, 5) is 48.7. The number of nitrogens with one attached hydrogen (secondary N) is 2. The van der Waals surface area contributed by atoms with Gasteiger partial charge in [-0.15, -0.1) is 0 Å². The number of nitrogens with zero attached hydrogens (tertiary/aromatic N) is 1. The molecule has 1 atom stereocenters. The van der Waals surface area contributed by atoms with E-state index in [0.29, 0.717) is 0 Å². The van der Waals surface area contributed by atoms with Gasteiger partial charge in [0.25, 0.3) is 11.8 Å². The Morgan fingerprint density at radius 2 is 2.00 bits per heavy atom. The van der Waals surface area contributed by atoms with E-state index in [-0.39, 0.29) is 11.6 Å². The smallest absolute Gasteiger partial charge is 0.326 e. The molecule has 0 bridgehead atoms. The third-order valence-electron chi connectivity index (χ3n) is 4.55. The van der Waals surface area contributed by atoms with Gasteiger partial charge in [0.2, 0.25) is 0 Å². The summed E-state index contributed by atoms with van der Waals surface area (Å²) >= 11 is 0. The van der Waals surface area contributed by atoms with Crippen LogP contribution in [0.15, 0.2) is 18.2 Å². The molecule has 1 aromatic carbocycles. The number of anilines is 1. The summed E-state index contributed by atoms with van der Waals surface area (Å²) in [6, 6.07) is 2.08. The lowest BCUT2D eigenvalue weighted by atomic mass is 9.96. The van der Waals surface area contributed by atoms with Crippen molar-refractivity contribution >= 4 is 29.5 Å². The lowest BCUT2D eigenvalue weighted by Gasteiger charge is -2.20. The summed E-state index contributed by atoms with van der Waals surface area (Å²) in [5.74, 6) is -4.38. The second-order valence-electron chi connectivity index (χ2n) is 6.64. The Bertz CT molecular complexity index is 827. The first-order valence-electron chi connectivity index (χ1n) is 8.25. The summed E-state index contributed by atoms with van der Waals surface area (Å²) in [5.41, 5.74) is -1.02. The van der Waals surface area contributed by atoms with Crippen LogP contribution in [0.25, 0.3) is 0 Å². The number of ether oxygens (including phenoxy) is 1. The number of imide groups is 1. The Morgan fingerprint density at radius 3 is 2.63 bits per heavy atom. The quantitative estimate of drug-likeness (QED) is 0.569. The fourth-order valence-electron chi connectivity index (χ4n) is 2.89. The van der Waals surface area contributed by atoms with Gasteiger partial charge in [-0.3, -0.25) is 19.3 Å². The van der Waals surface area contributed by atoms with E-state index in [2.05, 4.69) is 10.6 Å². The number of carbonyl (C=O) groups excluding carboxylic acids is 4. The maximum atomic E-state index is 13.1. The molecule has 1 saturated heterocycles. The first-order chi connectivity index (χ1) is 12.7. The number of urea groups is 1. The molecule has 2 fully saturated rings. The summed E-state index contributed by atoms with van der Waals surface area (Å²) in [6.07, 6.45) is 1.65. The first-order valence-corrected chi connectivity index (χ1v) is 8.25. The fourth-order valence-corrected chi connectivity index (χ4v) is 2.89. The monoisotopic (exact) mass is 381 g/mol. The van der Waals surface area contributed by atoms with E-state index in [4.69, 9.17) is 4.74 Å². The second kappa shape index (κ2) is 6.93. The molecule has 1 aromatic rings. The van der Waals surface area contributed by atoms with Gasteiger partial charge in [-0.25, -0.2) is 13.6 Å². The van der Waals surface area contributed by atoms with Crippen molar-refractivity contribution in [1.82, 2.24) is 10.2 Å². The van der Waals surface area contributed by atoms with Crippen molar-refractivity contribution in [2.45, 2.75) is 25.3 Å². The summed E-state index contributed by atoms with van der Waals surface area (Å²) in [5, 5.41) is 4.82. The van der Waals surface area contributed by atoms with Crippen LogP contribution < -0.4 is 10.6 Å². The highest BCUT2D eigenvalue weighted by atomic mass is 19.2. The number of rotatable bonds is 6. The minimum absolute atomic E-state index is 0.00996. The number of amides is 4. The van der Waals surface area contributed by atoms with Gasteiger partial charge in [0.1, 0.15) is 12.1 Å². The van der Waals surface area contributed by atoms with Crippen LogP contribution in [0.1, 0.15) is 19.8 Å². The van der Waals surface area contributed by atoms with E-state index in [0.717, 1.165) is 35.9 Å². The molecule has 1 aliphatic heterocycles. The third-order valence-corrected chi connectivity index (χ3v) is 4.55. The molecule has 27 heavy (non-hydrogen) atoms. The van der Waals surface area contributed by atoms with Crippen LogP contribution in [0.5, 0.6) is 0 Å². The fraction of sp³-hybridized carbons (Fsp3) is 0.412. The van der Waals surface area contributed by atoms with E-state index < -0.39 is 54.1 Å². The van der Waals surface area contributed by atoms with Gasteiger partial charge in [0.05, 0.1) is 0 Å². The molecule has 0 radical (unpaired) electrons. The lowest BCUT2D eigenvalue weighted by molar-refractivity contribution is -0.150. The number of halogens is 2. The van der Waals surface area contributed by atoms with Crippen molar-refractivity contribution in [2.24, 2.45) is 5.92 Å². The van der Waals surface area contributed by atoms with Crippen LogP contribution in [-0.4, -0.2) is 47.4 Å². The molecule has 1 saturated carbocycles. The molecule has 2 N–H and O–H groups in total. The molecule has 0 unspecified atom stereocenters. The highest BCUT2D eigenvalue weighted by Crippen LogP contribution is 2.42.